The van der Waals surface area contributed by atoms with E-state index in [0.29, 0.717) is 11.1 Å². The number of ether oxygens (including phenoxy) is 2. The predicted octanol–water partition coefficient (Wildman–Crippen LogP) is 2.85. The molecule has 0 heterocycles. The van der Waals surface area contributed by atoms with Crippen LogP contribution in [0, 0.1) is 11.6 Å². The summed E-state index contributed by atoms with van der Waals surface area (Å²) in [5.41, 5.74) is 0. The Labute approximate surface area is 111 Å². The van der Waals surface area contributed by atoms with Crippen molar-refractivity contribution in [2.24, 2.45) is 0 Å². The van der Waals surface area contributed by atoms with Gasteiger partial charge in [-0.3, -0.25) is 4.79 Å². The van der Waals surface area contributed by atoms with Crippen LogP contribution in [0.1, 0.15) is 13.3 Å². The Hall–Kier alpha value is -1.01. The van der Waals surface area contributed by atoms with Crippen LogP contribution in [0.5, 0.6) is 5.75 Å². The minimum absolute atomic E-state index is 0.0854. The number of carbonyl (C=O) groups is 1. The molecule has 2 atom stereocenters. The lowest BCUT2D eigenvalue weighted by Gasteiger charge is -2.34. The molecule has 0 aromatic heterocycles. The summed E-state index contributed by atoms with van der Waals surface area (Å²) in [5, 5.41) is 0. The molecule has 1 aromatic rings. The first-order valence-electron chi connectivity index (χ1n) is 5.48. The molecule has 98 valence electrons. The van der Waals surface area contributed by atoms with Gasteiger partial charge in [-0.05, 0) is 19.1 Å². The quantitative estimate of drug-likeness (QED) is 0.800. The van der Waals surface area contributed by atoms with E-state index in [1.165, 1.54) is 6.07 Å². The van der Waals surface area contributed by atoms with Gasteiger partial charge in [-0.1, -0.05) is 15.9 Å². The molecular formula is C12H11BrF2O3. The Kier molecular flexibility index (Phi) is 3.97. The van der Waals surface area contributed by atoms with E-state index < -0.39 is 23.8 Å². The Morgan fingerprint density at radius 1 is 1.44 bits per heavy atom. The van der Waals surface area contributed by atoms with E-state index in [1.54, 1.807) is 6.92 Å². The maximum absolute atomic E-state index is 13.5. The fourth-order valence-corrected chi connectivity index (χ4v) is 2.14. The molecule has 0 spiro atoms. The fraction of sp³-hybridized carbons (Fsp3) is 0.417. The molecule has 1 aliphatic carbocycles. The zero-order valence-corrected chi connectivity index (χ0v) is 11.2. The Morgan fingerprint density at radius 3 is 2.78 bits per heavy atom. The van der Waals surface area contributed by atoms with Crippen molar-refractivity contribution in [3.8, 4) is 5.75 Å². The van der Waals surface area contributed by atoms with Crippen molar-refractivity contribution in [2.45, 2.75) is 25.6 Å². The van der Waals surface area contributed by atoms with E-state index in [1.807, 2.05) is 0 Å². The van der Waals surface area contributed by atoms with Crippen molar-refractivity contribution < 1.29 is 23.0 Å². The Bertz CT molecular complexity index is 479. The molecule has 0 aliphatic heterocycles. The number of carbonyl (C=O) groups excluding carboxylic acids is 1. The van der Waals surface area contributed by atoms with Crippen LogP contribution in [0.3, 0.4) is 0 Å². The minimum atomic E-state index is -1.06. The van der Waals surface area contributed by atoms with Gasteiger partial charge in [0.05, 0.1) is 0 Å². The maximum atomic E-state index is 13.5. The van der Waals surface area contributed by atoms with Crippen LogP contribution in [0.2, 0.25) is 0 Å². The Morgan fingerprint density at radius 2 is 2.17 bits per heavy atom. The molecule has 0 N–H and O–H groups in total. The summed E-state index contributed by atoms with van der Waals surface area (Å²) in [5.74, 6) is -2.37. The standard InChI is InChI=1S/C12H11BrF2O3/c1-2-17-12-8(16)5-10(12)18-9-4-6(13)3-7(14)11(9)15/h3-4,10,12H,2,5H2,1H3. The van der Waals surface area contributed by atoms with Gasteiger partial charge in [-0.25, -0.2) is 4.39 Å². The highest BCUT2D eigenvalue weighted by Crippen LogP contribution is 2.30. The van der Waals surface area contributed by atoms with Crippen LogP contribution in [0.15, 0.2) is 16.6 Å². The molecule has 1 aromatic carbocycles. The highest BCUT2D eigenvalue weighted by Gasteiger charge is 2.43. The van der Waals surface area contributed by atoms with Crippen LogP contribution in [-0.2, 0) is 9.53 Å². The maximum Gasteiger partial charge on any atom is 0.200 e. The van der Waals surface area contributed by atoms with Gasteiger partial charge < -0.3 is 9.47 Å². The van der Waals surface area contributed by atoms with E-state index in [9.17, 15) is 13.6 Å². The van der Waals surface area contributed by atoms with Gasteiger partial charge in [-0.15, -0.1) is 0 Å². The van der Waals surface area contributed by atoms with Gasteiger partial charge in [0.2, 0.25) is 5.82 Å². The van der Waals surface area contributed by atoms with E-state index >= 15 is 0 Å². The third-order valence-corrected chi connectivity index (χ3v) is 3.10. The van der Waals surface area contributed by atoms with Crippen LogP contribution >= 0.6 is 15.9 Å². The lowest BCUT2D eigenvalue weighted by Crippen LogP contribution is -2.52. The second-order valence-electron chi connectivity index (χ2n) is 3.90. The molecule has 0 bridgehead atoms. The summed E-state index contributed by atoms with van der Waals surface area (Å²) in [6.07, 6.45) is -1.09. The molecule has 0 saturated heterocycles. The van der Waals surface area contributed by atoms with Crippen LogP contribution in [0.4, 0.5) is 8.78 Å². The minimum Gasteiger partial charge on any atom is -0.484 e. The van der Waals surface area contributed by atoms with Crippen LogP contribution < -0.4 is 4.74 Å². The van der Waals surface area contributed by atoms with Crippen molar-refractivity contribution >= 4 is 21.7 Å². The molecule has 1 saturated carbocycles. The molecule has 2 rings (SSSR count). The number of halogens is 3. The summed E-state index contributed by atoms with van der Waals surface area (Å²) in [7, 11) is 0. The summed E-state index contributed by atoms with van der Waals surface area (Å²) < 4.78 is 37.4. The molecule has 0 amide bonds. The third kappa shape index (κ3) is 2.54. The first-order chi connectivity index (χ1) is 8.52. The molecule has 0 radical (unpaired) electrons. The summed E-state index contributed by atoms with van der Waals surface area (Å²) in [4.78, 5) is 11.3. The Balaban J connectivity index is 2.13. The molecule has 1 fully saturated rings. The topological polar surface area (TPSA) is 35.5 Å². The summed E-state index contributed by atoms with van der Waals surface area (Å²) >= 11 is 3.05. The van der Waals surface area contributed by atoms with Gasteiger partial charge in [0.15, 0.2) is 23.5 Å². The molecule has 6 heteroatoms. The second kappa shape index (κ2) is 5.32. The highest BCUT2D eigenvalue weighted by atomic mass is 79.9. The van der Waals surface area contributed by atoms with Gasteiger partial charge in [0.1, 0.15) is 6.10 Å². The summed E-state index contributed by atoms with van der Waals surface area (Å²) in [6.45, 7) is 2.12. The van der Waals surface area contributed by atoms with Crippen molar-refractivity contribution in [1.29, 1.82) is 0 Å². The first kappa shape index (κ1) is 13.4. The summed E-state index contributed by atoms with van der Waals surface area (Å²) in [6, 6.07) is 2.33. The first-order valence-corrected chi connectivity index (χ1v) is 6.27. The zero-order valence-electron chi connectivity index (χ0n) is 9.58. The van der Waals surface area contributed by atoms with Crippen molar-refractivity contribution in [3.05, 3.63) is 28.2 Å². The number of rotatable bonds is 4. The third-order valence-electron chi connectivity index (χ3n) is 2.64. The van der Waals surface area contributed by atoms with E-state index in [2.05, 4.69) is 15.9 Å². The average molecular weight is 321 g/mol. The number of Topliss-reactive ketones (excluding diaryl/α,β-unsaturated/α-hetero) is 1. The molecule has 2 unspecified atom stereocenters. The lowest BCUT2D eigenvalue weighted by atomic mass is 9.90. The van der Waals surface area contributed by atoms with Gasteiger partial charge in [-0.2, -0.15) is 4.39 Å². The molecular weight excluding hydrogens is 310 g/mol. The van der Waals surface area contributed by atoms with Crippen molar-refractivity contribution in [3.63, 3.8) is 0 Å². The number of ketones is 1. The van der Waals surface area contributed by atoms with E-state index in [4.69, 9.17) is 9.47 Å². The molecule has 1 aliphatic rings. The second-order valence-corrected chi connectivity index (χ2v) is 4.82. The highest BCUT2D eigenvalue weighted by molar-refractivity contribution is 9.10. The SMILES string of the molecule is CCOC1C(=O)CC1Oc1cc(Br)cc(F)c1F. The largest absolute Gasteiger partial charge is 0.484 e. The van der Waals surface area contributed by atoms with Gasteiger partial charge in [0.25, 0.3) is 0 Å². The number of benzene rings is 1. The van der Waals surface area contributed by atoms with Crippen molar-refractivity contribution in [2.75, 3.05) is 6.61 Å². The molecule has 3 nitrogen and oxygen atoms in total. The van der Waals surface area contributed by atoms with Crippen LogP contribution in [0.25, 0.3) is 0 Å². The fourth-order valence-electron chi connectivity index (χ4n) is 1.73. The van der Waals surface area contributed by atoms with Gasteiger partial charge >= 0.3 is 0 Å². The van der Waals surface area contributed by atoms with Crippen molar-refractivity contribution in [1.82, 2.24) is 0 Å². The zero-order chi connectivity index (χ0) is 13.3. The smallest absolute Gasteiger partial charge is 0.200 e. The van der Waals surface area contributed by atoms with Crippen LogP contribution in [-0.4, -0.2) is 24.6 Å². The number of hydrogen-bond acceptors (Lipinski definition) is 3. The average Bonchev–Trinajstić information content (AvgIpc) is 2.31. The number of hydrogen-bond donors (Lipinski definition) is 0. The van der Waals surface area contributed by atoms with Gasteiger partial charge in [0, 0.05) is 17.5 Å². The predicted molar refractivity (Wildman–Crippen MR) is 63.5 cm³/mol. The molecule has 18 heavy (non-hydrogen) atoms. The van der Waals surface area contributed by atoms with E-state index in [-0.39, 0.29) is 18.0 Å². The monoisotopic (exact) mass is 320 g/mol. The normalized spacial score (nSPS) is 22.8. The van der Waals surface area contributed by atoms with E-state index in [0.717, 1.165) is 6.07 Å². The lowest BCUT2D eigenvalue weighted by molar-refractivity contribution is -0.154.